The summed E-state index contributed by atoms with van der Waals surface area (Å²) in [4.78, 5) is 12.4. The second kappa shape index (κ2) is 6.33. The summed E-state index contributed by atoms with van der Waals surface area (Å²) >= 11 is 6.28. The standard InChI is InChI=1S/C14H20ClN3O/c1-3-12-10(8-9(2)17-18-12)14(19)16-13-7-5-4-6-11(13)15/h8,11,13H,3-7H2,1-2H3,(H,16,19). The third-order valence-electron chi connectivity index (χ3n) is 3.57. The van der Waals surface area contributed by atoms with E-state index >= 15 is 0 Å². The normalized spacial score (nSPS) is 23.1. The molecular weight excluding hydrogens is 262 g/mol. The highest BCUT2D eigenvalue weighted by Gasteiger charge is 2.25. The zero-order valence-corrected chi connectivity index (χ0v) is 12.2. The number of halogens is 1. The summed E-state index contributed by atoms with van der Waals surface area (Å²) in [6.07, 6.45) is 4.91. The van der Waals surface area contributed by atoms with Gasteiger partial charge in [-0.15, -0.1) is 11.6 Å². The maximum atomic E-state index is 12.4. The molecule has 1 fully saturated rings. The van der Waals surface area contributed by atoms with Gasteiger partial charge >= 0.3 is 0 Å². The van der Waals surface area contributed by atoms with E-state index in [4.69, 9.17) is 11.6 Å². The Morgan fingerprint density at radius 2 is 2.16 bits per heavy atom. The molecule has 1 aromatic heterocycles. The number of carbonyl (C=O) groups is 1. The van der Waals surface area contributed by atoms with Crippen molar-refractivity contribution >= 4 is 17.5 Å². The van der Waals surface area contributed by atoms with Gasteiger partial charge in [-0.05, 0) is 32.3 Å². The molecule has 2 unspecified atom stereocenters. The quantitative estimate of drug-likeness (QED) is 0.867. The smallest absolute Gasteiger partial charge is 0.253 e. The number of aromatic nitrogens is 2. The van der Waals surface area contributed by atoms with Crippen molar-refractivity contribution in [2.24, 2.45) is 0 Å². The van der Waals surface area contributed by atoms with Gasteiger partial charge < -0.3 is 5.32 Å². The van der Waals surface area contributed by atoms with Crippen molar-refractivity contribution in [2.45, 2.75) is 57.4 Å². The van der Waals surface area contributed by atoms with E-state index in [-0.39, 0.29) is 17.3 Å². The summed E-state index contributed by atoms with van der Waals surface area (Å²) in [5.74, 6) is -0.0765. The van der Waals surface area contributed by atoms with Crippen molar-refractivity contribution in [2.75, 3.05) is 0 Å². The van der Waals surface area contributed by atoms with E-state index in [0.717, 1.165) is 37.1 Å². The fourth-order valence-electron chi connectivity index (χ4n) is 2.47. The Morgan fingerprint density at radius 3 is 2.84 bits per heavy atom. The average Bonchev–Trinajstić information content (AvgIpc) is 2.41. The molecule has 5 heteroatoms. The zero-order chi connectivity index (χ0) is 13.8. The van der Waals surface area contributed by atoms with Gasteiger partial charge in [0.05, 0.1) is 22.3 Å². The Kier molecular flexibility index (Phi) is 4.75. The number of alkyl halides is 1. The summed E-state index contributed by atoms with van der Waals surface area (Å²) in [7, 11) is 0. The lowest BCUT2D eigenvalue weighted by Gasteiger charge is -2.28. The molecule has 0 radical (unpaired) electrons. The Hall–Kier alpha value is -1.16. The van der Waals surface area contributed by atoms with Crippen molar-refractivity contribution in [1.29, 1.82) is 0 Å². The Morgan fingerprint density at radius 1 is 1.42 bits per heavy atom. The molecule has 1 saturated carbocycles. The van der Waals surface area contributed by atoms with E-state index in [0.29, 0.717) is 12.0 Å². The number of nitrogens with one attached hydrogen (secondary N) is 1. The van der Waals surface area contributed by atoms with Gasteiger partial charge in [0.1, 0.15) is 0 Å². The molecule has 4 nitrogen and oxygen atoms in total. The van der Waals surface area contributed by atoms with Crippen LogP contribution in [0.4, 0.5) is 0 Å². The molecule has 2 atom stereocenters. The van der Waals surface area contributed by atoms with Crippen LogP contribution in [0.15, 0.2) is 6.07 Å². The number of carbonyl (C=O) groups excluding carboxylic acids is 1. The van der Waals surface area contributed by atoms with Gasteiger partial charge in [-0.25, -0.2) is 0 Å². The van der Waals surface area contributed by atoms with Crippen LogP contribution < -0.4 is 5.32 Å². The first-order valence-electron chi connectivity index (χ1n) is 6.90. The summed E-state index contributed by atoms with van der Waals surface area (Å²) < 4.78 is 0. The minimum absolute atomic E-state index is 0.0404. The fourth-order valence-corrected chi connectivity index (χ4v) is 2.81. The summed E-state index contributed by atoms with van der Waals surface area (Å²) in [5, 5.41) is 11.2. The fraction of sp³-hybridized carbons (Fsp3) is 0.643. The van der Waals surface area contributed by atoms with Crippen LogP contribution in [0, 0.1) is 6.92 Å². The lowest BCUT2D eigenvalue weighted by molar-refractivity contribution is 0.0927. The molecule has 104 valence electrons. The number of rotatable bonds is 3. The van der Waals surface area contributed by atoms with Crippen LogP contribution >= 0.6 is 11.6 Å². The second-order valence-corrected chi connectivity index (χ2v) is 5.64. The lowest BCUT2D eigenvalue weighted by atomic mass is 9.94. The highest BCUT2D eigenvalue weighted by Crippen LogP contribution is 2.23. The molecular formula is C14H20ClN3O. The first-order chi connectivity index (χ1) is 9.11. The van der Waals surface area contributed by atoms with Crippen LogP contribution in [-0.4, -0.2) is 27.5 Å². The maximum absolute atomic E-state index is 12.4. The van der Waals surface area contributed by atoms with E-state index in [1.54, 1.807) is 6.07 Å². The molecule has 0 spiro atoms. The largest absolute Gasteiger partial charge is 0.348 e. The Bertz CT molecular complexity index is 464. The van der Waals surface area contributed by atoms with Crippen LogP contribution in [-0.2, 0) is 6.42 Å². The van der Waals surface area contributed by atoms with Gasteiger partial charge in [0.2, 0.25) is 0 Å². The van der Waals surface area contributed by atoms with E-state index < -0.39 is 0 Å². The van der Waals surface area contributed by atoms with Crippen molar-refractivity contribution in [3.8, 4) is 0 Å². The molecule has 2 rings (SSSR count). The molecule has 1 amide bonds. The Labute approximate surface area is 118 Å². The third-order valence-corrected chi connectivity index (χ3v) is 4.09. The average molecular weight is 282 g/mol. The predicted molar refractivity (Wildman–Crippen MR) is 75.5 cm³/mol. The van der Waals surface area contributed by atoms with Crippen LogP contribution in [0.3, 0.4) is 0 Å². The number of hydrogen-bond donors (Lipinski definition) is 1. The zero-order valence-electron chi connectivity index (χ0n) is 11.4. The molecule has 1 aromatic rings. The van der Waals surface area contributed by atoms with E-state index in [1.165, 1.54) is 0 Å². The molecule has 0 aromatic carbocycles. The molecule has 1 aliphatic carbocycles. The summed E-state index contributed by atoms with van der Waals surface area (Å²) in [6.45, 7) is 3.81. The molecule has 0 aliphatic heterocycles. The number of nitrogens with zero attached hydrogens (tertiary/aromatic N) is 2. The minimum Gasteiger partial charge on any atom is -0.348 e. The highest BCUT2D eigenvalue weighted by molar-refractivity contribution is 6.21. The van der Waals surface area contributed by atoms with Gasteiger partial charge in [-0.1, -0.05) is 19.8 Å². The first kappa shape index (κ1) is 14.3. The van der Waals surface area contributed by atoms with Crippen LogP contribution in [0.5, 0.6) is 0 Å². The molecule has 1 N–H and O–H groups in total. The first-order valence-corrected chi connectivity index (χ1v) is 7.33. The molecule has 1 heterocycles. The third kappa shape index (κ3) is 3.44. The highest BCUT2D eigenvalue weighted by atomic mass is 35.5. The van der Waals surface area contributed by atoms with Crippen LogP contribution in [0.2, 0.25) is 0 Å². The second-order valence-electron chi connectivity index (χ2n) is 5.08. The van der Waals surface area contributed by atoms with Crippen LogP contribution in [0.1, 0.15) is 54.4 Å². The molecule has 0 bridgehead atoms. The van der Waals surface area contributed by atoms with Gasteiger partial charge in [-0.3, -0.25) is 4.79 Å². The summed E-state index contributed by atoms with van der Waals surface area (Å²) in [6, 6.07) is 1.87. The molecule has 1 aliphatic rings. The van der Waals surface area contributed by atoms with Gasteiger partial charge in [0, 0.05) is 6.04 Å². The predicted octanol–water partition coefficient (Wildman–Crippen LogP) is 2.63. The number of hydrogen-bond acceptors (Lipinski definition) is 3. The summed E-state index contributed by atoms with van der Waals surface area (Å²) in [5.41, 5.74) is 2.13. The van der Waals surface area contributed by atoms with Gasteiger partial charge in [0.15, 0.2) is 0 Å². The van der Waals surface area contributed by atoms with Gasteiger partial charge in [0.25, 0.3) is 5.91 Å². The topological polar surface area (TPSA) is 54.9 Å². The number of amides is 1. The van der Waals surface area contributed by atoms with Crippen molar-refractivity contribution < 1.29 is 4.79 Å². The lowest BCUT2D eigenvalue weighted by Crippen LogP contribution is -2.43. The van der Waals surface area contributed by atoms with Gasteiger partial charge in [-0.2, -0.15) is 10.2 Å². The molecule has 0 saturated heterocycles. The maximum Gasteiger partial charge on any atom is 0.253 e. The molecule has 19 heavy (non-hydrogen) atoms. The van der Waals surface area contributed by atoms with Crippen molar-refractivity contribution in [3.05, 3.63) is 23.0 Å². The van der Waals surface area contributed by atoms with E-state index in [1.807, 2.05) is 13.8 Å². The number of aryl methyl sites for hydroxylation is 2. The van der Waals surface area contributed by atoms with Crippen LogP contribution in [0.25, 0.3) is 0 Å². The van der Waals surface area contributed by atoms with E-state index in [9.17, 15) is 4.79 Å². The minimum atomic E-state index is -0.0765. The van der Waals surface area contributed by atoms with Crippen molar-refractivity contribution in [1.82, 2.24) is 15.5 Å². The van der Waals surface area contributed by atoms with E-state index in [2.05, 4.69) is 15.5 Å². The van der Waals surface area contributed by atoms with Crippen molar-refractivity contribution in [3.63, 3.8) is 0 Å². The monoisotopic (exact) mass is 281 g/mol. The Balaban J connectivity index is 2.13. The SMILES string of the molecule is CCc1nnc(C)cc1C(=O)NC1CCCCC1Cl.